The molecule has 0 aromatic carbocycles. The summed E-state index contributed by atoms with van der Waals surface area (Å²) in [6, 6.07) is 0. The van der Waals surface area contributed by atoms with Crippen LogP contribution < -0.4 is 0 Å². The summed E-state index contributed by atoms with van der Waals surface area (Å²) in [5.41, 5.74) is -2.51. The minimum atomic E-state index is -2.00. The minimum Gasteiger partial charge on any atom is -0.461 e. The Balaban J connectivity index is 3.12. The largest absolute Gasteiger partial charge is 0.461 e. The summed E-state index contributed by atoms with van der Waals surface area (Å²) >= 11 is 0. The summed E-state index contributed by atoms with van der Waals surface area (Å²) in [6.07, 6.45) is -6.77. The molecule has 1 aliphatic rings. The van der Waals surface area contributed by atoms with Crippen molar-refractivity contribution in [2.45, 2.75) is 93.1 Å². The molecule has 0 aliphatic carbocycles. The quantitative estimate of drug-likeness (QED) is 0.451. The predicted octanol–water partition coefficient (Wildman–Crippen LogP) is 3.20. The average Bonchev–Trinajstić information content (AvgIpc) is 2.91. The molecular weight excluding hydrogens is 411 g/mol. The summed E-state index contributed by atoms with van der Waals surface area (Å²) in [5.74, 6) is -1.74. The van der Waals surface area contributed by atoms with E-state index in [9.17, 15) is 18.8 Å². The van der Waals surface area contributed by atoms with Crippen LogP contribution in [0.3, 0.4) is 0 Å². The lowest BCUT2D eigenvalue weighted by atomic mass is 9.96. The highest BCUT2D eigenvalue weighted by Crippen LogP contribution is 2.33. The second-order valence-electron chi connectivity index (χ2n) is 10.8. The van der Waals surface area contributed by atoms with E-state index in [0.717, 1.165) is 0 Å². The van der Waals surface area contributed by atoms with Gasteiger partial charge in [0.25, 0.3) is 0 Å². The van der Waals surface area contributed by atoms with Gasteiger partial charge in [0.15, 0.2) is 12.2 Å². The first-order chi connectivity index (χ1) is 13.9. The van der Waals surface area contributed by atoms with Crippen LogP contribution >= 0.6 is 0 Å². The van der Waals surface area contributed by atoms with Crippen LogP contribution in [0, 0.1) is 16.2 Å². The molecule has 0 bridgehead atoms. The van der Waals surface area contributed by atoms with Gasteiger partial charge in [0.2, 0.25) is 6.36 Å². The highest BCUT2D eigenvalue weighted by molar-refractivity contribution is 5.76. The molecule has 5 atom stereocenters. The van der Waals surface area contributed by atoms with Crippen molar-refractivity contribution in [3.05, 3.63) is 0 Å². The number of rotatable bonds is 6. The van der Waals surface area contributed by atoms with Gasteiger partial charge < -0.3 is 23.7 Å². The zero-order chi connectivity index (χ0) is 24.4. The lowest BCUT2D eigenvalue weighted by Crippen LogP contribution is -2.47. The van der Waals surface area contributed by atoms with Gasteiger partial charge in [-0.3, -0.25) is 14.4 Å². The van der Waals surface area contributed by atoms with Crippen molar-refractivity contribution in [3.63, 3.8) is 0 Å². The molecule has 8 nitrogen and oxygen atoms in total. The SMILES string of the molecule is CO[C@@H]1[C@@H](OC(=O)C(C)(C)C)[C@H](F)O[C@@H]1[C@@H](COC(=O)C(C)(C)C)OC(=O)C(C)(C)C. The Hall–Kier alpha value is -1.74. The molecule has 31 heavy (non-hydrogen) atoms. The van der Waals surface area contributed by atoms with Gasteiger partial charge >= 0.3 is 17.9 Å². The molecule has 9 heteroatoms. The van der Waals surface area contributed by atoms with E-state index in [2.05, 4.69) is 0 Å². The van der Waals surface area contributed by atoms with Gasteiger partial charge in [-0.1, -0.05) is 0 Å². The minimum absolute atomic E-state index is 0.366. The molecule has 0 radical (unpaired) electrons. The van der Waals surface area contributed by atoms with Gasteiger partial charge in [-0.2, -0.15) is 0 Å². The molecular formula is C22H37FO8. The van der Waals surface area contributed by atoms with Gasteiger partial charge in [0, 0.05) is 7.11 Å². The maximum absolute atomic E-state index is 14.7. The number of carbonyl (C=O) groups is 3. The third-order valence-electron chi connectivity index (χ3n) is 4.55. The van der Waals surface area contributed by atoms with Crippen LogP contribution in [-0.4, -0.2) is 62.4 Å². The van der Waals surface area contributed by atoms with Crippen LogP contribution in [0.4, 0.5) is 4.39 Å². The Morgan fingerprint density at radius 2 is 1.32 bits per heavy atom. The lowest BCUT2D eigenvalue weighted by Gasteiger charge is -2.30. The van der Waals surface area contributed by atoms with Crippen LogP contribution in [-0.2, 0) is 38.1 Å². The van der Waals surface area contributed by atoms with Gasteiger partial charge in [-0.05, 0) is 62.3 Å². The fraction of sp³-hybridized carbons (Fsp3) is 0.864. The van der Waals surface area contributed by atoms with E-state index in [4.69, 9.17) is 23.7 Å². The topological polar surface area (TPSA) is 97.4 Å². The molecule has 1 heterocycles. The number of alkyl halides is 1. The van der Waals surface area contributed by atoms with Crippen molar-refractivity contribution in [1.29, 1.82) is 0 Å². The Bertz CT molecular complexity index is 656. The first-order valence-corrected chi connectivity index (χ1v) is 10.3. The maximum atomic E-state index is 14.7. The monoisotopic (exact) mass is 448 g/mol. The molecule has 0 aromatic rings. The van der Waals surface area contributed by atoms with Crippen LogP contribution in [0.1, 0.15) is 62.3 Å². The average molecular weight is 449 g/mol. The Labute approximate surface area is 184 Å². The highest BCUT2D eigenvalue weighted by atomic mass is 19.1. The second-order valence-corrected chi connectivity index (χ2v) is 10.8. The van der Waals surface area contributed by atoms with E-state index in [0.29, 0.717) is 0 Å². The zero-order valence-electron chi connectivity index (χ0n) is 20.2. The first kappa shape index (κ1) is 27.3. The molecule has 1 saturated heterocycles. The lowest BCUT2D eigenvalue weighted by molar-refractivity contribution is -0.185. The highest BCUT2D eigenvalue weighted by Gasteiger charge is 2.53. The number of hydrogen-bond acceptors (Lipinski definition) is 8. The number of halogens is 1. The van der Waals surface area contributed by atoms with E-state index in [1.807, 2.05) is 0 Å². The third kappa shape index (κ3) is 7.42. The molecule has 0 unspecified atom stereocenters. The molecule has 180 valence electrons. The van der Waals surface area contributed by atoms with Gasteiger partial charge in [0.1, 0.15) is 18.8 Å². The van der Waals surface area contributed by atoms with Crippen molar-refractivity contribution in [1.82, 2.24) is 0 Å². The van der Waals surface area contributed by atoms with E-state index in [1.54, 1.807) is 62.3 Å². The Kier molecular flexibility index (Phi) is 8.64. The summed E-state index contributed by atoms with van der Waals surface area (Å²) < 4.78 is 41.6. The van der Waals surface area contributed by atoms with Crippen molar-refractivity contribution in [3.8, 4) is 0 Å². The number of esters is 3. The smallest absolute Gasteiger partial charge is 0.311 e. The van der Waals surface area contributed by atoms with Gasteiger partial charge in [-0.25, -0.2) is 4.39 Å². The summed E-state index contributed by atoms with van der Waals surface area (Å²) in [5, 5.41) is 0. The van der Waals surface area contributed by atoms with E-state index >= 15 is 0 Å². The first-order valence-electron chi connectivity index (χ1n) is 10.3. The number of carbonyl (C=O) groups excluding carboxylic acids is 3. The van der Waals surface area contributed by atoms with Gasteiger partial charge in [-0.15, -0.1) is 0 Å². The number of methoxy groups -OCH3 is 1. The number of ether oxygens (including phenoxy) is 5. The summed E-state index contributed by atoms with van der Waals surface area (Å²) in [6.45, 7) is 14.5. The Morgan fingerprint density at radius 3 is 1.74 bits per heavy atom. The van der Waals surface area contributed by atoms with Crippen molar-refractivity contribution >= 4 is 17.9 Å². The zero-order valence-corrected chi connectivity index (χ0v) is 20.2. The summed E-state index contributed by atoms with van der Waals surface area (Å²) in [7, 11) is 1.31. The number of hydrogen-bond donors (Lipinski definition) is 0. The van der Waals surface area contributed by atoms with Gasteiger partial charge in [0.05, 0.1) is 16.2 Å². The van der Waals surface area contributed by atoms with Crippen molar-refractivity contribution in [2.24, 2.45) is 16.2 Å². The van der Waals surface area contributed by atoms with Crippen LogP contribution in [0.5, 0.6) is 0 Å². The molecule has 1 rings (SSSR count). The van der Waals surface area contributed by atoms with Crippen LogP contribution in [0.2, 0.25) is 0 Å². The Morgan fingerprint density at radius 1 is 0.839 bits per heavy atom. The van der Waals surface area contributed by atoms with Crippen LogP contribution in [0.25, 0.3) is 0 Å². The van der Waals surface area contributed by atoms with E-state index in [1.165, 1.54) is 7.11 Å². The molecule has 0 spiro atoms. The van der Waals surface area contributed by atoms with Crippen molar-refractivity contribution in [2.75, 3.05) is 13.7 Å². The second kappa shape index (κ2) is 9.81. The molecule has 0 amide bonds. The van der Waals surface area contributed by atoms with Crippen LogP contribution in [0.15, 0.2) is 0 Å². The fourth-order valence-corrected chi connectivity index (χ4v) is 2.51. The van der Waals surface area contributed by atoms with Crippen molar-refractivity contribution < 1.29 is 42.5 Å². The van der Waals surface area contributed by atoms with E-state index in [-0.39, 0.29) is 6.61 Å². The fourth-order valence-electron chi connectivity index (χ4n) is 2.51. The normalized spacial score (nSPS) is 25.6. The van der Waals surface area contributed by atoms with E-state index < -0.39 is 64.9 Å². The molecule has 1 aliphatic heterocycles. The molecule has 0 aromatic heterocycles. The molecule has 0 N–H and O–H groups in total. The maximum Gasteiger partial charge on any atom is 0.311 e. The molecule has 0 saturated carbocycles. The third-order valence-corrected chi connectivity index (χ3v) is 4.55. The predicted molar refractivity (Wildman–Crippen MR) is 110 cm³/mol. The standard InChI is InChI=1S/C22H37FO8/c1-20(2,3)17(24)28-11-12(29-18(25)21(4,5)6)13-14(27-10)15(16(23)30-13)31-19(26)22(7,8)9/h12-16H,11H2,1-10H3/t12-,13-,14+,15-,16-/m1/s1. The summed E-state index contributed by atoms with van der Waals surface area (Å²) in [4.78, 5) is 37.0. The molecule has 1 fully saturated rings.